The first-order valence-electron chi connectivity index (χ1n) is 16.3. The van der Waals surface area contributed by atoms with Gasteiger partial charge in [0.2, 0.25) is 0 Å². The molecule has 0 heterocycles. The lowest BCUT2D eigenvalue weighted by Gasteiger charge is -2.15. The lowest BCUT2D eigenvalue weighted by molar-refractivity contribution is -0.146. The Hall–Kier alpha value is -1.06. The van der Waals surface area contributed by atoms with Crippen molar-refractivity contribution in [3.8, 4) is 0 Å². The van der Waals surface area contributed by atoms with E-state index >= 15 is 0 Å². The Bertz CT molecular complexity index is 518. The molecular formula is C33H64O4. The van der Waals surface area contributed by atoms with Gasteiger partial charge >= 0.3 is 11.9 Å². The van der Waals surface area contributed by atoms with E-state index in [0.29, 0.717) is 43.8 Å². The van der Waals surface area contributed by atoms with E-state index in [4.69, 9.17) is 9.47 Å². The monoisotopic (exact) mass is 524 g/mol. The predicted molar refractivity (Wildman–Crippen MR) is 158 cm³/mol. The fourth-order valence-corrected chi connectivity index (χ4v) is 4.87. The van der Waals surface area contributed by atoms with Crippen LogP contribution in [0.2, 0.25) is 0 Å². The maximum absolute atomic E-state index is 12.1. The lowest BCUT2D eigenvalue weighted by atomic mass is 9.97. The molecule has 220 valence electrons. The molecule has 4 nitrogen and oxygen atoms in total. The number of carbonyl (C=O) groups excluding carboxylic acids is 2. The van der Waals surface area contributed by atoms with E-state index in [1.807, 2.05) is 0 Å². The molecule has 0 amide bonds. The highest BCUT2D eigenvalue weighted by molar-refractivity contribution is 5.69. The van der Waals surface area contributed by atoms with Crippen LogP contribution in [0.5, 0.6) is 0 Å². The van der Waals surface area contributed by atoms with E-state index in [1.54, 1.807) is 0 Å². The Morgan fingerprint density at radius 1 is 0.514 bits per heavy atom. The van der Waals surface area contributed by atoms with Crippen LogP contribution < -0.4 is 0 Å². The molecule has 0 aliphatic heterocycles. The van der Waals surface area contributed by atoms with Gasteiger partial charge in [-0.15, -0.1) is 0 Å². The highest BCUT2D eigenvalue weighted by Crippen LogP contribution is 2.19. The van der Waals surface area contributed by atoms with Crippen LogP contribution in [0.25, 0.3) is 0 Å². The van der Waals surface area contributed by atoms with Crippen molar-refractivity contribution in [1.82, 2.24) is 0 Å². The quantitative estimate of drug-likeness (QED) is 0.0792. The number of hydrogen-bond donors (Lipinski definition) is 0. The SMILES string of the molecule is CCCCC(CC)COC(=O)CCCCCCCCCCCC(C)CCC(=O)OCC(CC)CCCC. The molecule has 3 unspecified atom stereocenters. The van der Waals surface area contributed by atoms with Crippen molar-refractivity contribution in [3.05, 3.63) is 0 Å². The van der Waals surface area contributed by atoms with Gasteiger partial charge in [-0.2, -0.15) is 0 Å². The van der Waals surface area contributed by atoms with Crippen LogP contribution in [0.1, 0.15) is 169 Å². The zero-order chi connectivity index (χ0) is 27.6. The molecule has 3 atom stereocenters. The minimum atomic E-state index is -0.00812. The molecule has 4 heteroatoms. The van der Waals surface area contributed by atoms with Crippen molar-refractivity contribution in [1.29, 1.82) is 0 Å². The van der Waals surface area contributed by atoms with Gasteiger partial charge in [0, 0.05) is 12.8 Å². The normalized spacial score (nSPS) is 13.8. The fourth-order valence-electron chi connectivity index (χ4n) is 4.87. The van der Waals surface area contributed by atoms with Crippen LogP contribution >= 0.6 is 0 Å². The zero-order valence-electron chi connectivity index (χ0n) is 25.6. The van der Waals surface area contributed by atoms with Gasteiger partial charge in [-0.1, -0.05) is 131 Å². The lowest BCUT2D eigenvalue weighted by Crippen LogP contribution is -2.14. The van der Waals surface area contributed by atoms with Crippen LogP contribution in [0.15, 0.2) is 0 Å². The number of ether oxygens (including phenoxy) is 2. The van der Waals surface area contributed by atoms with Crippen molar-refractivity contribution in [2.24, 2.45) is 17.8 Å². The molecule has 0 aromatic heterocycles. The summed E-state index contributed by atoms with van der Waals surface area (Å²) >= 11 is 0. The van der Waals surface area contributed by atoms with E-state index in [2.05, 4.69) is 34.6 Å². The summed E-state index contributed by atoms with van der Waals surface area (Å²) in [6.07, 6.45) is 23.9. The summed E-state index contributed by atoms with van der Waals surface area (Å²) in [5.74, 6) is 1.66. The molecule has 0 rings (SSSR count). The first-order chi connectivity index (χ1) is 18.0. The van der Waals surface area contributed by atoms with Crippen molar-refractivity contribution in [2.75, 3.05) is 13.2 Å². The van der Waals surface area contributed by atoms with Gasteiger partial charge in [-0.05, 0) is 43.4 Å². The van der Waals surface area contributed by atoms with Crippen molar-refractivity contribution in [2.45, 2.75) is 169 Å². The van der Waals surface area contributed by atoms with Gasteiger partial charge in [0.15, 0.2) is 0 Å². The topological polar surface area (TPSA) is 52.6 Å². The van der Waals surface area contributed by atoms with Gasteiger partial charge in [0.05, 0.1) is 13.2 Å². The van der Waals surface area contributed by atoms with Crippen LogP contribution in [0.3, 0.4) is 0 Å². The molecule has 0 spiro atoms. The summed E-state index contributed by atoms with van der Waals surface area (Å²) in [7, 11) is 0. The van der Waals surface area contributed by atoms with E-state index < -0.39 is 0 Å². The molecule has 0 radical (unpaired) electrons. The van der Waals surface area contributed by atoms with Gasteiger partial charge in [-0.25, -0.2) is 0 Å². The number of esters is 2. The van der Waals surface area contributed by atoms with Crippen molar-refractivity contribution in [3.63, 3.8) is 0 Å². The minimum Gasteiger partial charge on any atom is -0.465 e. The van der Waals surface area contributed by atoms with Crippen LogP contribution in [-0.4, -0.2) is 25.2 Å². The molecular weight excluding hydrogens is 460 g/mol. The fraction of sp³-hybridized carbons (Fsp3) is 0.939. The molecule has 0 fully saturated rings. The second-order valence-corrected chi connectivity index (χ2v) is 11.6. The number of carbonyl (C=O) groups is 2. The summed E-state index contributed by atoms with van der Waals surface area (Å²) in [6.45, 7) is 12.3. The Kier molecular flexibility index (Phi) is 25.8. The predicted octanol–water partition coefficient (Wildman–Crippen LogP) is 10.2. The first-order valence-corrected chi connectivity index (χ1v) is 16.3. The third kappa shape index (κ3) is 23.8. The standard InChI is InChI=1S/C33H64O4/c1-6-10-22-30(8-3)27-36-32(34)24-20-18-16-14-12-13-15-17-19-21-29(5)25-26-33(35)37-28-31(9-4)23-11-7-2/h29-31H,6-28H2,1-5H3. The molecule has 0 N–H and O–H groups in total. The third-order valence-corrected chi connectivity index (χ3v) is 7.97. The smallest absolute Gasteiger partial charge is 0.305 e. The molecule has 0 aliphatic carbocycles. The molecule has 0 saturated heterocycles. The first kappa shape index (κ1) is 35.9. The summed E-state index contributed by atoms with van der Waals surface area (Å²) in [4.78, 5) is 24.0. The Labute approximate surface area is 231 Å². The van der Waals surface area contributed by atoms with Crippen LogP contribution in [-0.2, 0) is 19.1 Å². The van der Waals surface area contributed by atoms with E-state index in [9.17, 15) is 9.59 Å². The summed E-state index contributed by atoms with van der Waals surface area (Å²) in [6, 6.07) is 0. The van der Waals surface area contributed by atoms with Crippen molar-refractivity contribution >= 4 is 11.9 Å². The zero-order valence-corrected chi connectivity index (χ0v) is 25.6. The Balaban J connectivity index is 3.53. The number of rotatable bonds is 27. The maximum Gasteiger partial charge on any atom is 0.305 e. The van der Waals surface area contributed by atoms with Crippen LogP contribution in [0, 0.1) is 17.8 Å². The third-order valence-electron chi connectivity index (χ3n) is 7.97. The van der Waals surface area contributed by atoms with Crippen LogP contribution in [0.4, 0.5) is 0 Å². The maximum atomic E-state index is 12.1. The van der Waals surface area contributed by atoms with E-state index in [1.165, 1.54) is 89.9 Å². The Morgan fingerprint density at radius 3 is 1.41 bits per heavy atom. The van der Waals surface area contributed by atoms with Gasteiger partial charge < -0.3 is 9.47 Å². The second kappa shape index (κ2) is 26.5. The number of hydrogen-bond acceptors (Lipinski definition) is 4. The average molecular weight is 525 g/mol. The van der Waals surface area contributed by atoms with E-state index in [-0.39, 0.29) is 11.9 Å². The molecule has 0 aromatic carbocycles. The largest absolute Gasteiger partial charge is 0.465 e. The molecule has 37 heavy (non-hydrogen) atoms. The highest BCUT2D eigenvalue weighted by Gasteiger charge is 2.12. The molecule has 0 aliphatic rings. The minimum absolute atomic E-state index is 0.00592. The summed E-state index contributed by atoms with van der Waals surface area (Å²) in [5, 5.41) is 0. The van der Waals surface area contributed by atoms with Gasteiger partial charge in [0.25, 0.3) is 0 Å². The van der Waals surface area contributed by atoms with Gasteiger partial charge in [-0.3, -0.25) is 9.59 Å². The number of unbranched alkanes of at least 4 members (excludes halogenated alkanes) is 10. The van der Waals surface area contributed by atoms with Crippen molar-refractivity contribution < 1.29 is 19.1 Å². The average Bonchev–Trinajstić information content (AvgIpc) is 2.90. The summed E-state index contributed by atoms with van der Waals surface area (Å²) < 4.78 is 11.0. The Morgan fingerprint density at radius 2 is 0.946 bits per heavy atom. The molecule has 0 aromatic rings. The summed E-state index contributed by atoms with van der Waals surface area (Å²) in [5.41, 5.74) is 0. The molecule has 0 bridgehead atoms. The molecule has 0 saturated carbocycles. The van der Waals surface area contributed by atoms with Gasteiger partial charge in [0.1, 0.15) is 0 Å². The second-order valence-electron chi connectivity index (χ2n) is 11.6. The highest BCUT2D eigenvalue weighted by atomic mass is 16.5. The van der Waals surface area contributed by atoms with E-state index in [0.717, 1.165) is 32.1 Å².